The van der Waals surface area contributed by atoms with Gasteiger partial charge in [0.2, 0.25) is 0 Å². The normalized spacial score (nSPS) is 10.8. The van der Waals surface area contributed by atoms with Crippen LogP contribution in [-0.4, -0.2) is 28.6 Å². The average molecular weight is 313 g/mol. The molecule has 3 rings (SSSR count). The highest BCUT2D eigenvalue weighted by Gasteiger charge is 2.21. The van der Waals surface area contributed by atoms with E-state index in [0.717, 1.165) is 10.8 Å². The monoisotopic (exact) mass is 313 g/mol. The summed E-state index contributed by atoms with van der Waals surface area (Å²) in [4.78, 5) is 34.3. The van der Waals surface area contributed by atoms with Crippen molar-refractivity contribution in [3.05, 3.63) is 52.4 Å². The molecule has 23 heavy (non-hydrogen) atoms. The molecule has 0 aliphatic heterocycles. The van der Waals surface area contributed by atoms with Crippen molar-refractivity contribution in [1.29, 1.82) is 0 Å². The van der Waals surface area contributed by atoms with E-state index in [-0.39, 0.29) is 11.0 Å². The molecule has 0 spiro atoms. The van der Waals surface area contributed by atoms with Gasteiger partial charge in [0.05, 0.1) is 5.39 Å². The fourth-order valence-electron chi connectivity index (χ4n) is 2.32. The van der Waals surface area contributed by atoms with Crippen molar-refractivity contribution < 1.29 is 24.2 Å². The molecule has 2 aromatic carbocycles. The van der Waals surface area contributed by atoms with Gasteiger partial charge in [0.15, 0.2) is 5.56 Å². The van der Waals surface area contributed by atoms with E-state index in [4.69, 9.17) is 9.52 Å². The minimum atomic E-state index is -1.27. The van der Waals surface area contributed by atoms with E-state index in [0.29, 0.717) is 0 Å². The topological polar surface area (TPSA) is 117 Å². The number of amides is 1. The van der Waals surface area contributed by atoms with Gasteiger partial charge in [0.25, 0.3) is 5.91 Å². The summed E-state index contributed by atoms with van der Waals surface area (Å²) in [5.41, 5.74) is -1.51. The molecule has 0 saturated carbocycles. The van der Waals surface area contributed by atoms with Crippen molar-refractivity contribution in [3.63, 3.8) is 0 Å². The first-order valence-corrected chi connectivity index (χ1v) is 6.66. The Balaban J connectivity index is 2.20. The number of carboxylic acids is 1. The molecule has 0 aliphatic rings. The molecule has 0 saturated heterocycles. The van der Waals surface area contributed by atoms with Crippen LogP contribution in [0.25, 0.3) is 21.7 Å². The summed E-state index contributed by atoms with van der Waals surface area (Å²) in [6.45, 7) is -0.673. The maximum Gasteiger partial charge on any atom is 0.353 e. The predicted octanol–water partition coefficient (Wildman–Crippen LogP) is 1.47. The van der Waals surface area contributed by atoms with Gasteiger partial charge in [0, 0.05) is 0 Å². The highest BCUT2D eigenvalue weighted by molar-refractivity contribution is 6.05. The first-order chi connectivity index (χ1) is 11.0. The van der Waals surface area contributed by atoms with Gasteiger partial charge in [0.1, 0.15) is 17.9 Å². The lowest BCUT2D eigenvalue weighted by molar-refractivity contribution is -0.135. The summed E-state index contributed by atoms with van der Waals surface area (Å²) in [6.07, 6.45) is 0. The minimum Gasteiger partial charge on any atom is -0.506 e. The largest absolute Gasteiger partial charge is 0.506 e. The lowest BCUT2D eigenvalue weighted by Gasteiger charge is -2.07. The number of hydrogen-bond donors (Lipinski definition) is 3. The van der Waals surface area contributed by atoms with Crippen molar-refractivity contribution in [1.82, 2.24) is 5.32 Å². The third-order valence-electron chi connectivity index (χ3n) is 3.37. The van der Waals surface area contributed by atoms with Crippen LogP contribution in [0.4, 0.5) is 0 Å². The van der Waals surface area contributed by atoms with Crippen LogP contribution in [-0.2, 0) is 4.79 Å². The van der Waals surface area contributed by atoms with E-state index >= 15 is 0 Å². The third kappa shape index (κ3) is 2.59. The van der Waals surface area contributed by atoms with Crippen LogP contribution in [0.15, 0.2) is 45.6 Å². The van der Waals surface area contributed by atoms with Crippen molar-refractivity contribution in [2.75, 3.05) is 6.54 Å². The molecule has 1 heterocycles. The molecule has 0 bridgehead atoms. The average Bonchev–Trinajstić information content (AvgIpc) is 2.51. The molecule has 3 N–H and O–H groups in total. The molecule has 0 fully saturated rings. The van der Waals surface area contributed by atoms with Crippen LogP contribution in [0, 0.1) is 0 Å². The summed E-state index contributed by atoms with van der Waals surface area (Å²) < 4.78 is 5.09. The zero-order valence-corrected chi connectivity index (χ0v) is 11.7. The van der Waals surface area contributed by atoms with E-state index < -0.39 is 35.4 Å². The fraction of sp³-hybridized carbons (Fsp3) is 0.0625. The van der Waals surface area contributed by atoms with Crippen LogP contribution in [0.1, 0.15) is 10.4 Å². The Morgan fingerprint density at radius 2 is 1.78 bits per heavy atom. The van der Waals surface area contributed by atoms with E-state index in [1.54, 1.807) is 12.1 Å². The maximum atomic E-state index is 11.9. The zero-order valence-electron chi connectivity index (χ0n) is 11.7. The first kappa shape index (κ1) is 14.6. The number of carbonyl (C=O) groups is 2. The molecule has 7 nitrogen and oxygen atoms in total. The van der Waals surface area contributed by atoms with Crippen molar-refractivity contribution in [2.45, 2.75) is 0 Å². The summed E-state index contributed by atoms with van der Waals surface area (Å²) >= 11 is 0. The fourth-order valence-corrected chi connectivity index (χ4v) is 2.32. The van der Waals surface area contributed by atoms with E-state index in [1.165, 1.54) is 0 Å². The number of rotatable bonds is 3. The second-order valence-corrected chi connectivity index (χ2v) is 4.89. The maximum absolute atomic E-state index is 11.9. The number of carboxylic acid groups (broad SMARTS) is 1. The highest BCUT2D eigenvalue weighted by Crippen LogP contribution is 2.30. The Hall–Kier alpha value is -3.35. The van der Waals surface area contributed by atoms with Gasteiger partial charge in [-0.1, -0.05) is 24.3 Å². The Morgan fingerprint density at radius 1 is 1.13 bits per heavy atom. The van der Waals surface area contributed by atoms with Crippen LogP contribution in [0.5, 0.6) is 5.75 Å². The van der Waals surface area contributed by atoms with E-state index in [9.17, 15) is 19.5 Å². The Morgan fingerprint density at radius 3 is 2.43 bits per heavy atom. The number of aromatic hydroxyl groups is 1. The first-order valence-electron chi connectivity index (χ1n) is 6.66. The summed E-state index contributed by atoms with van der Waals surface area (Å²) in [5, 5.41) is 22.6. The molecule has 7 heteroatoms. The molecule has 1 amide bonds. The second-order valence-electron chi connectivity index (χ2n) is 4.89. The Bertz CT molecular complexity index is 1000. The molecule has 116 valence electrons. The molecular formula is C16H11NO6. The van der Waals surface area contributed by atoms with Gasteiger partial charge >= 0.3 is 11.6 Å². The van der Waals surface area contributed by atoms with Crippen molar-refractivity contribution >= 4 is 33.6 Å². The number of nitrogens with one attached hydrogen (secondary N) is 1. The number of hydrogen-bond acceptors (Lipinski definition) is 5. The highest BCUT2D eigenvalue weighted by atomic mass is 16.4. The number of aliphatic carboxylic acids is 1. The third-order valence-corrected chi connectivity index (χ3v) is 3.37. The van der Waals surface area contributed by atoms with Crippen LogP contribution in [0.3, 0.4) is 0 Å². The zero-order chi connectivity index (χ0) is 16.6. The van der Waals surface area contributed by atoms with Crippen LogP contribution in [0.2, 0.25) is 0 Å². The standard InChI is InChI=1S/C16H11NO6/c18-12(19)7-17-15(21)13-14(20)10-5-8-3-1-2-4-9(8)6-11(10)23-16(13)22/h1-6,20H,7H2,(H,17,21)(H,18,19). The van der Waals surface area contributed by atoms with Gasteiger partial charge < -0.3 is 19.9 Å². The Labute approximate surface area is 128 Å². The SMILES string of the molecule is O=C(O)CNC(=O)c1c(O)c2cc3ccccc3cc2oc1=O. The summed E-state index contributed by atoms with van der Waals surface area (Å²) in [7, 11) is 0. The Kier molecular flexibility index (Phi) is 3.46. The smallest absolute Gasteiger partial charge is 0.353 e. The molecule has 1 aromatic heterocycles. The molecule has 0 aliphatic carbocycles. The molecular weight excluding hydrogens is 302 g/mol. The van der Waals surface area contributed by atoms with Gasteiger partial charge in [-0.2, -0.15) is 0 Å². The second kappa shape index (κ2) is 5.45. The van der Waals surface area contributed by atoms with Gasteiger partial charge in [-0.25, -0.2) is 4.79 Å². The summed E-state index contributed by atoms with van der Waals surface area (Å²) in [6, 6.07) is 10.4. The van der Waals surface area contributed by atoms with Gasteiger partial charge in [-0.05, 0) is 22.9 Å². The lowest BCUT2D eigenvalue weighted by Crippen LogP contribution is -2.32. The predicted molar refractivity (Wildman–Crippen MR) is 81.6 cm³/mol. The molecule has 0 unspecified atom stereocenters. The number of fused-ring (bicyclic) bond motifs is 2. The van der Waals surface area contributed by atoms with Gasteiger partial charge in [-0.15, -0.1) is 0 Å². The quantitative estimate of drug-likeness (QED) is 0.498. The van der Waals surface area contributed by atoms with E-state index in [1.807, 2.05) is 29.6 Å². The number of carbonyl (C=O) groups excluding carboxylic acids is 1. The lowest BCUT2D eigenvalue weighted by atomic mass is 10.1. The van der Waals surface area contributed by atoms with Crippen LogP contribution >= 0.6 is 0 Å². The van der Waals surface area contributed by atoms with Gasteiger partial charge in [-0.3, -0.25) is 9.59 Å². The molecule has 3 aromatic rings. The summed E-state index contributed by atoms with van der Waals surface area (Å²) in [5.74, 6) is -2.81. The molecule has 0 atom stereocenters. The van der Waals surface area contributed by atoms with E-state index in [2.05, 4.69) is 0 Å². The van der Waals surface area contributed by atoms with Crippen molar-refractivity contribution in [3.8, 4) is 5.75 Å². The van der Waals surface area contributed by atoms with Crippen LogP contribution < -0.4 is 10.9 Å². The number of benzene rings is 2. The van der Waals surface area contributed by atoms with Crippen molar-refractivity contribution in [2.24, 2.45) is 0 Å². The minimum absolute atomic E-state index is 0.140. The molecule has 0 radical (unpaired) electrons.